The van der Waals surface area contributed by atoms with Crippen LogP contribution >= 0.6 is 0 Å². The van der Waals surface area contributed by atoms with Gasteiger partial charge in [-0.05, 0) is 0 Å². The maximum atomic E-state index is 16.9. The summed E-state index contributed by atoms with van der Waals surface area (Å²) in [5.74, 6) is -36.3. The van der Waals surface area contributed by atoms with E-state index in [-0.39, 0.29) is 49.9 Å². The van der Waals surface area contributed by atoms with Gasteiger partial charge in [0, 0.05) is 34.5 Å². The Morgan fingerprint density at radius 2 is 0.414 bits per heavy atom. The summed E-state index contributed by atoms with van der Waals surface area (Å²) in [6.07, 6.45) is 0. The van der Waals surface area contributed by atoms with Crippen molar-refractivity contribution in [3.63, 3.8) is 0 Å². The molecular weight excluding hydrogens is 984 g/mol. The molecule has 0 aromatic heterocycles. The first-order valence-corrected chi connectivity index (χ1v) is 31.4. The van der Waals surface area contributed by atoms with Crippen LogP contribution in [0.5, 0.6) is 0 Å². The third-order valence-corrected chi connectivity index (χ3v) is 38.8. The molecule has 0 aliphatic heterocycles. The van der Waals surface area contributed by atoms with E-state index < -0.39 is 169 Å². The summed E-state index contributed by atoms with van der Waals surface area (Å²) in [5.41, 5.74) is -15.1. The maximum Gasteiger partial charge on any atom is 0.265 e. The zero-order chi connectivity index (χ0) is 54.5. The minimum absolute atomic E-state index is 0.253. The van der Waals surface area contributed by atoms with Gasteiger partial charge in [0.15, 0.2) is 87.2 Å². The van der Waals surface area contributed by atoms with Crippen molar-refractivity contribution in [2.45, 2.75) is 193 Å². The highest BCUT2D eigenvalue weighted by Crippen LogP contribution is 2.48. The Balaban J connectivity index is 2.67. The molecule has 390 valence electrons. The Hall–Kier alpha value is -3.45. The zero-order valence-electron chi connectivity index (χ0n) is 43.7. The molecule has 3 rings (SSSR count). The monoisotopic (exact) mass is 1050 g/mol. The van der Waals surface area contributed by atoms with E-state index in [9.17, 15) is 14.4 Å². The van der Waals surface area contributed by atoms with Crippen LogP contribution in [0.3, 0.4) is 0 Å². The van der Waals surface area contributed by atoms with Crippen LogP contribution in [0.4, 0.5) is 52.7 Å². The van der Waals surface area contributed by atoms with Gasteiger partial charge in [-0.3, -0.25) is 14.4 Å². The lowest BCUT2D eigenvalue weighted by molar-refractivity contribution is 0.0991. The zero-order valence-corrected chi connectivity index (χ0v) is 46.7. The molecule has 0 N–H and O–H groups in total. The Kier molecular flexibility index (Phi) is 19.4. The van der Waals surface area contributed by atoms with E-state index in [1.54, 1.807) is 125 Å². The number of carbonyl (C=O) groups excluding carboxylic acids is 3. The van der Waals surface area contributed by atoms with Crippen LogP contribution in [-0.4, -0.2) is 48.3 Å². The Bertz CT molecular complexity index is 2080. The molecule has 3 aromatic rings. The van der Waals surface area contributed by atoms with Crippen molar-refractivity contribution in [2.75, 3.05) is 0 Å². The molecule has 0 fully saturated rings. The largest absolute Gasteiger partial charge is 0.294 e. The molecule has 3 aromatic carbocycles. The molecule has 3 nitrogen and oxygen atoms in total. The molecule has 0 spiro atoms. The Labute approximate surface area is 409 Å². The fraction of sp³-hybridized carbons (Fsp3) is 0.588. The van der Waals surface area contributed by atoms with Crippen molar-refractivity contribution < 1.29 is 67.1 Å². The number of carbonyl (C=O) groups is 3. The van der Waals surface area contributed by atoms with Crippen LogP contribution in [-0.2, 0) is 0 Å². The highest BCUT2D eigenvalue weighted by molar-refractivity contribution is 6.96. The van der Waals surface area contributed by atoms with E-state index >= 15 is 52.7 Å². The summed E-state index contributed by atoms with van der Waals surface area (Å²) in [6.45, 7) is 27.8. The number of halogens is 12. The summed E-state index contributed by atoms with van der Waals surface area (Å²) in [5, 5.41) is 0. The number of hydrogen-bond donors (Lipinski definition) is 0. The van der Waals surface area contributed by atoms with Gasteiger partial charge in [0.2, 0.25) is 0 Å². The van der Waals surface area contributed by atoms with E-state index in [2.05, 4.69) is 0 Å². The third kappa shape index (κ3) is 9.99. The SMILES string of the molecule is CC(C)[Si](CC(=O)c1c(F)c(F)c(B(c2c(F)c(F)c(C(=O)C[Si](C(C)C)(C(C)C)C(C)C)c(F)c2F)c2c(F)c(F)c(C(=O)C[Si](C(C)C)(C(C)C)C(C)C)c(F)c2F)c(F)c1F)(C(C)C)C(C)C. The predicted octanol–water partition coefficient (Wildman–Crippen LogP) is 15.5. The van der Waals surface area contributed by atoms with E-state index in [1.165, 1.54) is 0 Å². The summed E-state index contributed by atoms with van der Waals surface area (Å²) < 4.78 is 201. The molecule has 0 radical (unpaired) electrons. The van der Waals surface area contributed by atoms with Crippen LogP contribution in [0, 0.1) is 69.8 Å². The second-order valence-corrected chi connectivity index (χ2v) is 40.2. The smallest absolute Gasteiger partial charge is 0.265 e. The quantitative estimate of drug-likeness (QED) is 0.0462. The Morgan fingerprint density at radius 1 is 0.286 bits per heavy atom. The standard InChI is InChI=1S/C51H69BF12O3Si3/c1-22(2)68(23(3)4,24(5)6)19-31(65)34-40(53)46(59)37(47(60)41(34)54)52(38-48(61)42(55)35(43(56)49(38)62)32(66)20-69(25(7)8,26(9)10)27(11)12)39-50(63)44(57)36(45(58)51(39)64)33(67)21-70(28(13)14,29(15)16)30(17)18/h22-30H,19-21H2,1-18H3. The molecule has 0 unspecified atom stereocenters. The van der Waals surface area contributed by atoms with Gasteiger partial charge in [-0.1, -0.05) is 174 Å². The third-order valence-electron chi connectivity index (χ3n) is 16.7. The maximum absolute atomic E-state index is 16.9. The van der Waals surface area contributed by atoms with E-state index in [4.69, 9.17) is 0 Å². The van der Waals surface area contributed by atoms with Crippen LogP contribution in [0.2, 0.25) is 68.0 Å². The fourth-order valence-electron chi connectivity index (χ4n) is 12.8. The summed E-state index contributed by atoms with van der Waals surface area (Å²) in [4.78, 5) is 41.7. The van der Waals surface area contributed by atoms with Gasteiger partial charge in [0.1, 0.15) is 0 Å². The summed E-state index contributed by atoms with van der Waals surface area (Å²) >= 11 is 0. The molecule has 0 saturated heterocycles. The second kappa shape index (κ2) is 22.3. The minimum atomic E-state index is -3.88. The van der Waals surface area contributed by atoms with Crippen LogP contribution in [0.15, 0.2) is 0 Å². The average Bonchev–Trinajstić information content (AvgIpc) is 3.23. The summed E-state index contributed by atoms with van der Waals surface area (Å²) in [7, 11) is -8.97. The van der Waals surface area contributed by atoms with Crippen LogP contribution in [0.1, 0.15) is 156 Å². The van der Waals surface area contributed by atoms with Crippen molar-refractivity contribution in [3.05, 3.63) is 86.5 Å². The van der Waals surface area contributed by atoms with Crippen molar-refractivity contribution in [2.24, 2.45) is 0 Å². The van der Waals surface area contributed by atoms with Crippen LogP contribution in [0.25, 0.3) is 0 Å². The molecule has 0 atom stereocenters. The highest BCUT2D eigenvalue weighted by atomic mass is 28.3. The minimum Gasteiger partial charge on any atom is -0.294 e. The van der Waals surface area contributed by atoms with Crippen LogP contribution < -0.4 is 16.4 Å². The molecule has 0 heterocycles. The number of benzene rings is 3. The molecule has 0 amide bonds. The Morgan fingerprint density at radius 3 is 0.529 bits per heavy atom. The van der Waals surface area contributed by atoms with Gasteiger partial charge in [-0.25, -0.2) is 52.7 Å². The number of ketones is 3. The lowest BCUT2D eigenvalue weighted by atomic mass is 9.35. The van der Waals surface area contributed by atoms with Gasteiger partial charge in [0.05, 0.1) is 40.9 Å². The molecular formula is C51H69BF12O3Si3. The van der Waals surface area contributed by atoms with E-state index in [0.717, 1.165) is 0 Å². The fourth-order valence-corrected chi connectivity index (χ4v) is 30.7. The van der Waals surface area contributed by atoms with Crippen molar-refractivity contribution in [1.29, 1.82) is 0 Å². The van der Waals surface area contributed by atoms with E-state index in [1.807, 2.05) is 0 Å². The predicted molar refractivity (Wildman–Crippen MR) is 264 cm³/mol. The number of hydrogen-bond acceptors (Lipinski definition) is 3. The first-order chi connectivity index (χ1) is 31.9. The molecule has 0 aliphatic carbocycles. The highest BCUT2D eigenvalue weighted by Gasteiger charge is 2.51. The first kappa shape index (κ1) is 60.8. The number of rotatable bonds is 21. The molecule has 19 heteroatoms. The molecule has 70 heavy (non-hydrogen) atoms. The van der Waals surface area contributed by atoms with Gasteiger partial charge >= 0.3 is 0 Å². The molecule has 0 bridgehead atoms. The van der Waals surface area contributed by atoms with Gasteiger partial charge < -0.3 is 0 Å². The normalized spacial score (nSPS) is 13.1. The van der Waals surface area contributed by atoms with Gasteiger partial charge in [-0.2, -0.15) is 0 Å². The van der Waals surface area contributed by atoms with Crippen molar-refractivity contribution in [3.8, 4) is 0 Å². The van der Waals surface area contributed by atoms with E-state index in [0.29, 0.717) is 0 Å². The number of Topliss-reactive ketones (excluding diaryl/α,β-unsaturated/α-hetero) is 3. The topological polar surface area (TPSA) is 51.2 Å². The van der Waals surface area contributed by atoms with Crippen molar-refractivity contribution >= 4 is 64.7 Å². The average molecular weight is 1050 g/mol. The van der Waals surface area contributed by atoms with Gasteiger partial charge in [-0.15, -0.1) is 0 Å². The lowest BCUT2D eigenvalue weighted by Crippen LogP contribution is -2.60. The molecule has 0 saturated carbocycles. The van der Waals surface area contributed by atoms with Gasteiger partial charge in [0.25, 0.3) is 6.71 Å². The summed E-state index contributed by atoms with van der Waals surface area (Å²) in [6, 6.07) is -1.78. The molecule has 0 aliphatic rings. The lowest BCUT2D eigenvalue weighted by Gasteiger charge is -2.43. The second-order valence-electron chi connectivity index (χ2n) is 22.1. The van der Waals surface area contributed by atoms with Crippen molar-refractivity contribution in [1.82, 2.24) is 0 Å². The first-order valence-electron chi connectivity index (χ1n) is 24.1.